The van der Waals surface area contributed by atoms with Gasteiger partial charge in [0.2, 0.25) is 5.95 Å². The van der Waals surface area contributed by atoms with Gasteiger partial charge in [0.05, 0.1) is 10.9 Å². The van der Waals surface area contributed by atoms with E-state index in [1.54, 1.807) is 23.7 Å². The van der Waals surface area contributed by atoms with Crippen molar-refractivity contribution in [2.24, 2.45) is 0 Å². The van der Waals surface area contributed by atoms with E-state index in [1.165, 1.54) is 0 Å². The van der Waals surface area contributed by atoms with Crippen LogP contribution in [-0.4, -0.2) is 44.3 Å². The van der Waals surface area contributed by atoms with Crippen LogP contribution in [0.4, 0.5) is 5.95 Å². The van der Waals surface area contributed by atoms with Crippen molar-refractivity contribution in [1.29, 1.82) is 0 Å². The van der Waals surface area contributed by atoms with E-state index in [-0.39, 0.29) is 6.61 Å². The smallest absolute Gasteiger partial charge is 0.225 e. The molecule has 1 aliphatic heterocycles. The molecule has 0 bridgehead atoms. The minimum absolute atomic E-state index is 0.126. The van der Waals surface area contributed by atoms with Crippen molar-refractivity contribution in [1.82, 2.24) is 19.5 Å². The van der Waals surface area contributed by atoms with Gasteiger partial charge in [-0.25, -0.2) is 15.0 Å². The lowest BCUT2D eigenvalue weighted by atomic mass is 10.1. The van der Waals surface area contributed by atoms with E-state index in [1.807, 2.05) is 29.9 Å². The zero-order chi connectivity index (χ0) is 17.8. The van der Waals surface area contributed by atoms with Gasteiger partial charge in [0, 0.05) is 48.8 Å². The van der Waals surface area contributed by atoms with Crippen molar-refractivity contribution in [2.75, 3.05) is 24.6 Å². The Labute approximate surface area is 156 Å². The molecule has 3 aromatic heterocycles. The largest absolute Gasteiger partial charge is 0.384 e. The second kappa shape index (κ2) is 7.68. The third-order valence-electron chi connectivity index (χ3n) is 4.43. The zero-order valence-electron chi connectivity index (χ0n) is 14.2. The normalized spacial score (nSPS) is 17.0. The number of aromatic nitrogens is 4. The molecule has 0 radical (unpaired) electrons. The van der Waals surface area contributed by atoms with Gasteiger partial charge >= 0.3 is 0 Å². The second-order valence-electron chi connectivity index (χ2n) is 6.11. The fraction of sp³-hybridized carbons (Fsp3) is 0.316. The molecule has 132 valence electrons. The summed E-state index contributed by atoms with van der Waals surface area (Å²) in [5.41, 5.74) is 0.913. The highest BCUT2D eigenvalue weighted by Gasteiger charge is 2.25. The van der Waals surface area contributed by atoms with Crippen LogP contribution in [0.25, 0.3) is 10.7 Å². The van der Waals surface area contributed by atoms with Crippen molar-refractivity contribution in [3.63, 3.8) is 0 Å². The number of hydrogen-bond donors (Lipinski definition) is 1. The average molecular weight is 365 g/mol. The first-order valence-electron chi connectivity index (χ1n) is 8.58. The maximum Gasteiger partial charge on any atom is 0.225 e. The molecule has 4 heterocycles. The van der Waals surface area contributed by atoms with Gasteiger partial charge in [0.15, 0.2) is 0 Å². The molecule has 1 saturated heterocycles. The first-order valence-corrected chi connectivity index (χ1v) is 9.46. The molecular weight excluding hydrogens is 346 g/mol. The Kier molecular flexibility index (Phi) is 4.95. The number of imidazole rings is 1. The molecule has 3 aromatic rings. The van der Waals surface area contributed by atoms with Crippen LogP contribution in [0, 0.1) is 11.8 Å². The first-order chi connectivity index (χ1) is 12.8. The Morgan fingerprint density at radius 1 is 1.23 bits per heavy atom. The molecule has 1 atom stereocenters. The van der Waals surface area contributed by atoms with Gasteiger partial charge < -0.3 is 14.6 Å². The van der Waals surface area contributed by atoms with Crippen molar-refractivity contribution >= 4 is 17.3 Å². The Bertz CT molecular complexity index is 924. The van der Waals surface area contributed by atoms with Crippen LogP contribution in [0.1, 0.15) is 24.4 Å². The van der Waals surface area contributed by atoms with Gasteiger partial charge in [-0.15, -0.1) is 11.3 Å². The lowest BCUT2D eigenvalue weighted by molar-refractivity contribution is 0.350. The summed E-state index contributed by atoms with van der Waals surface area (Å²) in [5.74, 6) is 7.40. The van der Waals surface area contributed by atoms with Crippen molar-refractivity contribution in [3.8, 4) is 22.5 Å². The lowest BCUT2D eigenvalue weighted by Gasteiger charge is -2.33. The standard InChI is InChI=1S/C19H19N5OS/c25-11-2-4-15-12-17(26-14-15)18-20-8-10-24(18)16-5-1-9-23(13-16)19-21-6-3-7-22-19/h3,6-8,10,12,14,16,25H,1,5,9,11,13H2. The van der Waals surface area contributed by atoms with Gasteiger partial charge in [0.1, 0.15) is 12.4 Å². The topological polar surface area (TPSA) is 67.1 Å². The first kappa shape index (κ1) is 16.8. The number of aliphatic hydroxyl groups excluding tert-OH is 1. The van der Waals surface area contributed by atoms with Crippen LogP contribution >= 0.6 is 11.3 Å². The van der Waals surface area contributed by atoms with Gasteiger partial charge in [-0.2, -0.15) is 0 Å². The molecule has 1 N–H and O–H groups in total. The highest BCUT2D eigenvalue weighted by Crippen LogP contribution is 2.31. The number of hydrogen-bond acceptors (Lipinski definition) is 6. The summed E-state index contributed by atoms with van der Waals surface area (Å²) in [7, 11) is 0. The van der Waals surface area contributed by atoms with E-state index in [0.717, 1.165) is 48.1 Å². The van der Waals surface area contributed by atoms with Crippen molar-refractivity contribution in [2.45, 2.75) is 18.9 Å². The molecule has 1 aliphatic rings. The highest BCUT2D eigenvalue weighted by atomic mass is 32.1. The van der Waals surface area contributed by atoms with Gasteiger partial charge in [-0.3, -0.25) is 0 Å². The predicted molar refractivity (Wildman–Crippen MR) is 102 cm³/mol. The molecule has 0 aromatic carbocycles. The maximum absolute atomic E-state index is 8.85. The molecule has 0 aliphatic carbocycles. The number of aliphatic hydroxyl groups is 1. The fourth-order valence-electron chi connectivity index (χ4n) is 3.28. The summed E-state index contributed by atoms with van der Waals surface area (Å²) in [4.78, 5) is 16.7. The summed E-state index contributed by atoms with van der Waals surface area (Å²) in [6.07, 6.45) is 9.68. The number of nitrogens with zero attached hydrogens (tertiary/aromatic N) is 5. The maximum atomic E-state index is 8.85. The monoisotopic (exact) mass is 365 g/mol. The lowest BCUT2D eigenvalue weighted by Crippen LogP contribution is -2.37. The Morgan fingerprint density at radius 3 is 2.96 bits per heavy atom. The number of thiophene rings is 1. The number of piperidine rings is 1. The molecule has 7 heteroatoms. The van der Waals surface area contributed by atoms with E-state index in [4.69, 9.17) is 5.11 Å². The summed E-state index contributed by atoms with van der Waals surface area (Å²) in [5, 5.41) is 10.9. The van der Waals surface area contributed by atoms with E-state index < -0.39 is 0 Å². The van der Waals surface area contributed by atoms with Crippen LogP contribution in [0.15, 0.2) is 42.3 Å². The van der Waals surface area contributed by atoms with E-state index in [0.29, 0.717) is 6.04 Å². The third kappa shape index (κ3) is 3.47. The Balaban J connectivity index is 1.57. The minimum Gasteiger partial charge on any atom is -0.384 e. The Hall–Kier alpha value is -2.69. The molecule has 4 rings (SSSR count). The summed E-state index contributed by atoms with van der Waals surface area (Å²) in [6, 6.07) is 4.21. The van der Waals surface area contributed by atoms with Crippen LogP contribution < -0.4 is 4.90 Å². The third-order valence-corrected chi connectivity index (χ3v) is 5.35. The van der Waals surface area contributed by atoms with Gasteiger partial charge in [0.25, 0.3) is 0 Å². The SMILES string of the molecule is OCC#Cc1csc(-c2nccn2C2CCCN(c3ncccn3)C2)c1. The molecule has 26 heavy (non-hydrogen) atoms. The molecule has 0 spiro atoms. The number of rotatable bonds is 3. The summed E-state index contributed by atoms with van der Waals surface area (Å²) in [6.45, 7) is 1.72. The molecule has 0 amide bonds. The van der Waals surface area contributed by atoms with Gasteiger partial charge in [-0.05, 0) is 25.0 Å². The van der Waals surface area contributed by atoms with Gasteiger partial charge in [-0.1, -0.05) is 11.8 Å². The summed E-state index contributed by atoms with van der Waals surface area (Å²) < 4.78 is 2.25. The van der Waals surface area contributed by atoms with Crippen LogP contribution in [0.5, 0.6) is 0 Å². The summed E-state index contributed by atoms with van der Waals surface area (Å²) >= 11 is 1.63. The van der Waals surface area contributed by atoms with E-state index in [2.05, 4.69) is 36.3 Å². The van der Waals surface area contributed by atoms with E-state index >= 15 is 0 Å². The predicted octanol–water partition coefficient (Wildman–Crippen LogP) is 2.59. The highest BCUT2D eigenvalue weighted by molar-refractivity contribution is 7.13. The zero-order valence-corrected chi connectivity index (χ0v) is 15.1. The fourth-order valence-corrected chi connectivity index (χ4v) is 4.12. The number of anilines is 1. The average Bonchev–Trinajstić information content (AvgIpc) is 3.36. The molecular formula is C19H19N5OS. The van der Waals surface area contributed by atoms with E-state index in [9.17, 15) is 0 Å². The van der Waals surface area contributed by atoms with Crippen LogP contribution in [0.3, 0.4) is 0 Å². The quantitative estimate of drug-likeness (QED) is 0.723. The van der Waals surface area contributed by atoms with Crippen LogP contribution in [0.2, 0.25) is 0 Å². The molecule has 6 nitrogen and oxygen atoms in total. The molecule has 1 fully saturated rings. The Morgan fingerprint density at radius 2 is 2.12 bits per heavy atom. The van der Waals surface area contributed by atoms with Crippen LogP contribution in [-0.2, 0) is 0 Å². The molecule has 0 saturated carbocycles. The van der Waals surface area contributed by atoms with Crippen molar-refractivity contribution in [3.05, 3.63) is 47.9 Å². The van der Waals surface area contributed by atoms with Crippen molar-refractivity contribution < 1.29 is 5.11 Å². The minimum atomic E-state index is -0.126. The second-order valence-corrected chi connectivity index (χ2v) is 7.02. The molecule has 1 unspecified atom stereocenters.